The Morgan fingerprint density at radius 2 is 1.40 bits per heavy atom. The molecule has 0 aromatic heterocycles. The van der Waals surface area contributed by atoms with E-state index in [1.54, 1.807) is 0 Å². The maximum Gasteiger partial charge on any atom is 0.123 e. The van der Waals surface area contributed by atoms with Crippen LogP contribution in [0.4, 0.5) is 5.69 Å². The van der Waals surface area contributed by atoms with Crippen LogP contribution in [0.25, 0.3) is 0 Å². The molecule has 3 aromatic carbocycles. The van der Waals surface area contributed by atoms with Crippen LogP contribution in [0.1, 0.15) is 30.9 Å². The number of ether oxygens (including phenoxy) is 3. The van der Waals surface area contributed by atoms with E-state index in [9.17, 15) is 0 Å². The average molecular weight is 406 g/mol. The fraction of sp³-hybridized carbons (Fsp3) is 0.308. The predicted molar refractivity (Wildman–Crippen MR) is 123 cm³/mol. The Bertz CT molecular complexity index is 892. The first-order valence-corrected chi connectivity index (χ1v) is 10.5. The Labute approximate surface area is 179 Å². The highest BCUT2D eigenvalue weighted by Gasteiger charge is 2.08. The van der Waals surface area contributed by atoms with Crippen molar-refractivity contribution in [3.05, 3.63) is 83.9 Å². The van der Waals surface area contributed by atoms with E-state index in [1.807, 2.05) is 54.6 Å². The number of hydrogen-bond donors (Lipinski definition) is 1. The first-order chi connectivity index (χ1) is 14.6. The largest absolute Gasteiger partial charge is 0.491 e. The van der Waals surface area contributed by atoms with Gasteiger partial charge in [0.15, 0.2) is 0 Å². The molecule has 0 aliphatic carbocycles. The number of rotatable bonds is 11. The number of para-hydroxylation sites is 1. The van der Waals surface area contributed by atoms with Gasteiger partial charge in [0.2, 0.25) is 0 Å². The molecular weight excluding hydrogens is 374 g/mol. The molecule has 0 unspecified atom stereocenters. The standard InChI is InChI=1S/C26H31NO3/c1-20(2)25-14-9-21(3)19-26(25)30-16-15-27-22-10-12-24(13-11-22)29-18-17-28-23-7-5-4-6-8-23/h4-14,19-20,27H,15-18H2,1-3H3. The lowest BCUT2D eigenvalue weighted by molar-refractivity contribution is 0.217. The zero-order valence-electron chi connectivity index (χ0n) is 18.1. The molecule has 0 aliphatic rings. The molecule has 1 N–H and O–H groups in total. The molecule has 0 atom stereocenters. The van der Waals surface area contributed by atoms with Crippen molar-refractivity contribution in [2.45, 2.75) is 26.7 Å². The van der Waals surface area contributed by atoms with Crippen molar-refractivity contribution in [2.75, 3.05) is 31.7 Å². The fourth-order valence-electron chi connectivity index (χ4n) is 3.10. The lowest BCUT2D eigenvalue weighted by Gasteiger charge is -2.15. The van der Waals surface area contributed by atoms with Crippen LogP contribution in [0, 0.1) is 6.92 Å². The molecule has 0 heterocycles. The monoisotopic (exact) mass is 405 g/mol. The third-order valence-corrected chi connectivity index (χ3v) is 4.70. The summed E-state index contributed by atoms with van der Waals surface area (Å²) in [5.41, 5.74) is 3.50. The Balaban J connectivity index is 1.37. The highest BCUT2D eigenvalue weighted by atomic mass is 16.5. The van der Waals surface area contributed by atoms with Crippen molar-refractivity contribution in [3.8, 4) is 17.2 Å². The summed E-state index contributed by atoms with van der Waals surface area (Å²) in [6.07, 6.45) is 0. The number of nitrogens with one attached hydrogen (secondary N) is 1. The third kappa shape index (κ3) is 6.73. The molecule has 4 heteroatoms. The molecule has 0 aliphatic heterocycles. The zero-order chi connectivity index (χ0) is 21.2. The van der Waals surface area contributed by atoms with Crippen LogP contribution < -0.4 is 19.5 Å². The summed E-state index contributed by atoms with van der Waals surface area (Å²) in [6, 6.07) is 24.1. The highest BCUT2D eigenvalue weighted by molar-refractivity contribution is 5.46. The summed E-state index contributed by atoms with van der Waals surface area (Å²) >= 11 is 0. The number of hydrogen-bond acceptors (Lipinski definition) is 4. The van der Waals surface area contributed by atoms with Gasteiger partial charge in [-0.1, -0.05) is 44.2 Å². The summed E-state index contributed by atoms with van der Waals surface area (Å²) in [4.78, 5) is 0. The van der Waals surface area contributed by atoms with Gasteiger partial charge < -0.3 is 19.5 Å². The van der Waals surface area contributed by atoms with E-state index in [4.69, 9.17) is 14.2 Å². The van der Waals surface area contributed by atoms with Crippen LogP contribution in [-0.4, -0.2) is 26.4 Å². The fourth-order valence-corrected chi connectivity index (χ4v) is 3.10. The first-order valence-electron chi connectivity index (χ1n) is 10.5. The van der Waals surface area contributed by atoms with Crippen LogP contribution in [-0.2, 0) is 0 Å². The Kier molecular flexibility index (Phi) is 8.02. The van der Waals surface area contributed by atoms with E-state index in [1.165, 1.54) is 11.1 Å². The van der Waals surface area contributed by atoms with Crippen LogP contribution >= 0.6 is 0 Å². The van der Waals surface area contributed by atoms with Crippen LogP contribution in [0.5, 0.6) is 17.2 Å². The molecule has 158 valence electrons. The third-order valence-electron chi connectivity index (χ3n) is 4.70. The van der Waals surface area contributed by atoms with Gasteiger partial charge in [-0.15, -0.1) is 0 Å². The predicted octanol–water partition coefficient (Wildman–Crippen LogP) is 6.07. The van der Waals surface area contributed by atoms with E-state index >= 15 is 0 Å². The molecule has 0 bridgehead atoms. The van der Waals surface area contributed by atoms with E-state index in [-0.39, 0.29) is 0 Å². The van der Waals surface area contributed by atoms with Gasteiger partial charge in [0.25, 0.3) is 0 Å². The minimum absolute atomic E-state index is 0.444. The topological polar surface area (TPSA) is 39.7 Å². The summed E-state index contributed by atoms with van der Waals surface area (Å²) in [7, 11) is 0. The molecule has 0 fully saturated rings. The lowest BCUT2D eigenvalue weighted by Crippen LogP contribution is -2.12. The summed E-state index contributed by atoms with van der Waals surface area (Å²) in [5.74, 6) is 3.11. The van der Waals surface area contributed by atoms with E-state index < -0.39 is 0 Å². The van der Waals surface area contributed by atoms with Crippen molar-refractivity contribution in [2.24, 2.45) is 0 Å². The first kappa shape index (κ1) is 21.6. The second-order valence-electron chi connectivity index (χ2n) is 7.51. The highest BCUT2D eigenvalue weighted by Crippen LogP contribution is 2.27. The SMILES string of the molecule is Cc1ccc(C(C)C)c(OCCNc2ccc(OCCOc3ccccc3)cc2)c1. The lowest BCUT2D eigenvalue weighted by atomic mass is 10.0. The molecule has 0 amide bonds. The zero-order valence-corrected chi connectivity index (χ0v) is 18.1. The van der Waals surface area contributed by atoms with Gasteiger partial charge in [-0.2, -0.15) is 0 Å². The van der Waals surface area contributed by atoms with Crippen molar-refractivity contribution < 1.29 is 14.2 Å². The van der Waals surface area contributed by atoms with Gasteiger partial charge in [-0.3, -0.25) is 0 Å². The molecule has 0 spiro atoms. The quantitative estimate of drug-likeness (QED) is 0.393. The maximum atomic E-state index is 6.03. The Hall–Kier alpha value is -3.14. The average Bonchev–Trinajstić information content (AvgIpc) is 2.76. The van der Waals surface area contributed by atoms with Gasteiger partial charge in [-0.25, -0.2) is 0 Å². The molecule has 0 saturated heterocycles. The molecule has 3 aromatic rings. The summed E-state index contributed by atoms with van der Waals surface area (Å²) in [6.45, 7) is 8.82. The van der Waals surface area contributed by atoms with E-state index in [0.717, 1.165) is 29.5 Å². The Morgan fingerprint density at radius 3 is 2.07 bits per heavy atom. The van der Waals surface area contributed by atoms with Crippen molar-refractivity contribution >= 4 is 5.69 Å². The molecule has 0 radical (unpaired) electrons. The summed E-state index contributed by atoms with van der Waals surface area (Å²) < 4.78 is 17.4. The van der Waals surface area contributed by atoms with Gasteiger partial charge in [0.1, 0.15) is 37.1 Å². The molecule has 4 nitrogen and oxygen atoms in total. The number of anilines is 1. The second-order valence-corrected chi connectivity index (χ2v) is 7.51. The van der Waals surface area contributed by atoms with Crippen molar-refractivity contribution in [1.29, 1.82) is 0 Å². The smallest absolute Gasteiger partial charge is 0.123 e. The summed E-state index contributed by atoms with van der Waals surface area (Å²) in [5, 5.41) is 3.39. The van der Waals surface area contributed by atoms with Gasteiger partial charge in [-0.05, 0) is 66.4 Å². The van der Waals surface area contributed by atoms with Gasteiger partial charge in [0, 0.05) is 12.2 Å². The normalized spacial score (nSPS) is 10.7. The maximum absolute atomic E-state index is 6.03. The molecule has 0 saturated carbocycles. The number of benzene rings is 3. The van der Waals surface area contributed by atoms with Gasteiger partial charge in [0.05, 0.1) is 0 Å². The molecule has 3 rings (SSSR count). The van der Waals surface area contributed by atoms with Crippen molar-refractivity contribution in [3.63, 3.8) is 0 Å². The minimum atomic E-state index is 0.444. The second kappa shape index (κ2) is 11.1. The minimum Gasteiger partial charge on any atom is -0.491 e. The van der Waals surface area contributed by atoms with E-state index in [2.05, 4.69) is 44.3 Å². The molecular formula is C26H31NO3. The van der Waals surface area contributed by atoms with Gasteiger partial charge >= 0.3 is 0 Å². The van der Waals surface area contributed by atoms with Crippen LogP contribution in [0.3, 0.4) is 0 Å². The molecule has 30 heavy (non-hydrogen) atoms. The van der Waals surface area contributed by atoms with E-state index in [0.29, 0.717) is 25.7 Å². The Morgan fingerprint density at radius 1 is 0.733 bits per heavy atom. The van der Waals surface area contributed by atoms with Crippen molar-refractivity contribution in [1.82, 2.24) is 0 Å². The van der Waals surface area contributed by atoms with Crippen LogP contribution in [0.15, 0.2) is 72.8 Å². The van der Waals surface area contributed by atoms with Crippen LogP contribution in [0.2, 0.25) is 0 Å². The number of aryl methyl sites for hydroxylation is 1.